The zero-order valence-electron chi connectivity index (χ0n) is 6.77. The first-order valence-corrected chi connectivity index (χ1v) is 4.31. The van der Waals surface area contributed by atoms with E-state index < -0.39 is 0 Å². The molecule has 0 spiro atoms. The van der Waals surface area contributed by atoms with Crippen molar-refractivity contribution in [2.45, 2.75) is 32.2 Å². The second kappa shape index (κ2) is 3.94. The Kier molecular flexibility index (Phi) is 3.16. The van der Waals surface area contributed by atoms with E-state index in [9.17, 15) is 0 Å². The summed E-state index contributed by atoms with van der Waals surface area (Å²) in [5.41, 5.74) is 5.90. The molecule has 2 nitrogen and oxygen atoms in total. The summed E-state index contributed by atoms with van der Waals surface area (Å²) in [5.74, 6) is 0.784. The van der Waals surface area contributed by atoms with Crippen LogP contribution in [0, 0.1) is 5.92 Å². The van der Waals surface area contributed by atoms with E-state index in [1.165, 1.54) is 25.8 Å². The van der Waals surface area contributed by atoms with Gasteiger partial charge in [-0.3, -0.25) is 0 Å². The Morgan fingerprint density at radius 3 is 3.00 bits per heavy atom. The lowest BCUT2D eigenvalue weighted by atomic mass is 9.89. The third-order valence-corrected chi connectivity index (χ3v) is 2.34. The molecule has 0 aliphatic carbocycles. The summed E-state index contributed by atoms with van der Waals surface area (Å²) < 4.78 is 0. The number of nitrogens with two attached hydrogens (primary N) is 1. The van der Waals surface area contributed by atoms with Crippen molar-refractivity contribution in [3.8, 4) is 0 Å². The predicted octanol–water partition coefficient (Wildman–Crippen LogP) is 0.723. The van der Waals surface area contributed by atoms with Gasteiger partial charge in [-0.1, -0.05) is 13.3 Å². The van der Waals surface area contributed by atoms with Gasteiger partial charge in [0.1, 0.15) is 0 Å². The molecule has 0 aromatic carbocycles. The highest BCUT2D eigenvalue weighted by molar-refractivity contribution is 4.79. The van der Waals surface area contributed by atoms with Gasteiger partial charge in [0.25, 0.3) is 0 Å². The van der Waals surface area contributed by atoms with Gasteiger partial charge in [-0.15, -0.1) is 0 Å². The molecule has 10 heavy (non-hydrogen) atoms. The molecule has 1 unspecified atom stereocenters. The molecule has 0 aromatic heterocycles. The summed E-state index contributed by atoms with van der Waals surface area (Å²) in [7, 11) is 0. The van der Waals surface area contributed by atoms with Crippen molar-refractivity contribution in [1.82, 2.24) is 5.32 Å². The van der Waals surface area contributed by atoms with Crippen LogP contribution in [0.3, 0.4) is 0 Å². The van der Waals surface area contributed by atoms with Crippen LogP contribution in [0.4, 0.5) is 0 Å². The van der Waals surface area contributed by atoms with E-state index >= 15 is 0 Å². The van der Waals surface area contributed by atoms with Gasteiger partial charge in [0.05, 0.1) is 0 Å². The first-order chi connectivity index (χ1) is 4.84. The minimum atomic E-state index is 0.411. The molecule has 0 bridgehead atoms. The van der Waals surface area contributed by atoms with E-state index in [0.29, 0.717) is 6.04 Å². The number of piperidine rings is 1. The van der Waals surface area contributed by atoms with Crippen LogP contribution in [0.5, 0.6) is 0 Å². The maximum absolute atomic E-state index is 5.90. The van der Waals surface area contributed by atoms with Crippen LogP contribution in [0.2, 0.25) is 0 Å². The predicted molar refractivity (Wildman–Crippen MR) is 43.9 cm³/mol. The Labute approximate surface area is 63.2 Å². The molecular formula is C8H18N2. The van der Waals surface area contributed by atoms with Crippen molar-refractivity contribution in [3.63, 3.8) is 0 Å². The molecule has 0 aromatic rings. The van der Waals surface area contributed by atoms with Gasteiger partial charge in [-0.05, 0) is 25.3 Å². The summed E-state index contributed by atoms with van der Waals surface area (Å²) in [6, 6.07) is 0.411. The van der Waals surface area contributed by atoms with Gasteiger partial charge in [-0.25, -0.2) is 0 Å². The second-order valence-electron chi connectivity index (χ2n) is 3.21. The Morgan fingerprint density at radius 2 is 2.40 bits per heavy atom. The summed E-state index contributed by atoms with van der Waals surface area (Å²) >= 11 is 0. The highest BCUT2D eigenvalue weighted by Gasteiger charge is 2.19. The highest BCUT2D eigenvalue weighted by atomic mass is 14.9. The quantitative estimate of drug-likeness (QED) is 0.596. The van der Waals surface area contributed by atoms with E-state index in [-0.39, 0.29) is 0 Å². The van der Waals surface area contributed by atoms with Crippen LogP contribution < -0.4 is 11.1 Å². The van der Waals surface area contributed by atoms with Crippen molar-refractivity contribution in [2.75, 3.05) is 13.1 Å². The third-order valence-electron chi connectivity index (χ3n) is 2.34. The van der Waals surface area contributed by atoms with E-state index in [1.807, 2.05) is 0 Å². The van der Waals surface area contributed by atoms with Gasteiger partial charge in [0, 0.05) is 12.6 Å². The molecule has 2 atom stereocenters. The molecular weight excluding hydrogens is 124 g/mol. The summed E-state index contributed by atoms with van der Waals surface area (Å²) in [5, 5.41) is 3.30. The smallest absolute Gasteiger partial charge is 0.0194 e. The zero-order valence-corrected chi connectivity index (χ0v) is 6.77. The van der Waals surface area contributed by atoms with Gasteiger partial charge in [0.15, 0.2) is 0 Å². The molecule has 0 amide bonds. The Balaban J connectivity index is 2.25. The van der Waals surface area contributed by atoms with Crippen molar-refractivity contribution >= 4 is 0 Å². The zero-order chi connectivity index (χ0) is 7.40. The number of hydrogen-bond donors (Lipinski definition) is 2. The number of nitrogens with one attached hydrogen (secondary N) is 1. The van der Waals surface area contributed by atoms with Gasteiger partial charge in [0.2, 0.25) is 0 Å². The molecule has 1 aliphatic heterocycles. The fourth-order valence-corrected chi connectivity index (χ4v) is 1.67. The maximum Gasteiger partial charge on any atom is 0.0194 e. The molecule has 1 aliphatic rings. The molecule has 1 heterocycles. The van der Waals surface area contributed by atoms with Crippen molar-refractivity contribution in [2.24, 2.45) is 11.7 Å². The molecule has 60 valence electrons. The van der Waals surface area contributed by atoms with E-state index in [1.54, 1.807) is 0 Å². The molecule has 0 saturated carbocycles. The summed E-state index contributed by atoms with van der Waals surface area (Å²) in [6.45, 7) is 4.41. The fraction of sp³-hybridized carbons (Fsp3) is 1.00. The van der Waals surface area contributed by atoms with E-state index in [0.717, 1.165) is 12.5 Å². The molecule has 1 fully saturated rings. The number of hydrogen-bond acceptors (Lipinski definition) is 2. The number of rotatable bonds is 2. The average molecular weight is 142 g/mol. The van der Waals surface area contributed by atoms with Gasteiger partial charge in [-0.2, -0.15) is 0 Å². The largest absolute Gasteiger partial charge is 0.326 e. The van der Waals surface area contributed by atoms with Crippen LogP contribution in [0.25, 0.3) is 0 Å². The van der Waals surface area contributed by atoms with Crippen LogP contribution in [-0.2, 0) is 0 Å². The summed E-state index contributed by atoms with van der Waals surface area (Å²) in [6.07, 6.45) is 3.86. The Bertz CT molecular complexity index is 91.3. The summed E-state index contributed by atoms with van der Waals surface area (Å²) in [4.78, 5) is 0. The Hall–Kier alpha value is -0.0800. The Morgan fingerprint density at radius 1 is 1.60 bits per heavy atom. The first kappa shape index (κ1) is 8.02. The van der Waals surface area contributed by atoms with Crippen molar-refractivity contribution in [1.29, 1.82) is 0 Å². The minimum absolute atomic E-state index is 0.411. The highest BCUT2D eigenvalue weighted by Crippen LogP contribution is 2.16. The minimum Gasteiger partial charge on any atom is -0.326 e. The fourth-order valence-electron chi connectivity index (χ4n) is 1.67. The molecule has 3 N–H and O–H groups in total. The van der Waals surface area contributed by atoms with Crippen LogP contribution >= 0.6 is 0 Å². The normalized spacial score (nSPS) is 34.2. The van der Waals surface area contributed by atoms with Crippen LogP contribution in [-0.4, -0.2) is 19.1 Å². The molecule has 1 saturated heterocycles. The van der Waals surface area contributed by atoms with Gasteiger partial charge < -0.3 is 11.1 Å². The monoisotopic (exact) mass is 142 g/mol. The first-order valence-electron chi connectivity index (χ1n) is 4.31. The lowest BCUT2D eigenvalue weighted by molar-refractivity contribution is 0.305. The average Bonchev–Trinajstić information content (AvgIpc) is 1.94. The lowest BCUT2D eigenvalue weighted by Crippen LogP contribution is -2.45. The topological polar surface area (TPSA) is 38.0 Å². The van der Waals surface area contributed by atoms with Crippen molar-refractivity contribution in [3.05, 3.63) is 0 Å². The SMILES string of the molecule is CCC[C@H]1CCNCC1N. The third kappa shape index (κ3) is 1.96. The molecule has 2 heteroatoms. The van der Waals surface area contributed by atoms with Crippen molar-refractivity contribution < 1.29 is 0 Å². The van der Waals surface area contributed by atoms with Crippen LogP contribution in [0.1, 0.15) is 26.2 Å². The molecule has 0 radical (unpaired) electrons. The van der Waals surface area contributed by atoms with Gasteiger partial charge >= 0.3 is 0 Å². The second-order valence-corrected chi connectivity index (χ2v) is 3.21. The lowest BCUT2D eigenvalue weighted by Gasteiger charge is -2.28. The maximum atomic E-state index is 5.90. The van der Waals surface area contributed by atoms with E-state index in [2.05, 4.69) is 12.2 Å². The van der Waals surface area contributed by atoms with E-state index in [4.69, 9.17) is 5.73 Å². The van der Waals surface area contributed by atoms with Crippen LogP contribution in [0.15, 0.2) is 0 Å². The molecule has 1 rings (SSSR count). The standard InChI is InChI=1S/C8H18N2/c1-2-3-7-4-5-10-6-8(7)9/h7-8,10H,2-6,9H2,1H3/t7-,8?/m0/s1.